The Morgan fingerprint density at radius 2 is 1.88 bits per heavy atom. The van der Waals surface area contributed by atoms with Crippen LogP contribution < -0.4 is 5.43 Å². The zero-order chi connectivity index (χ0) is 13.0. The van der Waals surface area contributed by atoms with E-state index in [4.69, 9.17) is 4.52 Å². The highest BCUT2D eigenvalue weighted by molar-refractivity contribution is 5.77. The first-order chi connectivity index (χ1) is 7.75. The van der Waals surface area contributed by atoms with Crippen molar-refractivity contribution in [1.29, 1.82) is 0 Å². The molecule has 0 radical (unpaired) electrons. The van der Waals surface area contributed by atoms with E-state index in [0.29, 0.717) is 0 Å². The quantitative estimate of drug-likeness (QED) is 0.715. The van der Waals surface area contributed by atoms with Crippen molar-refractivity contribution in [2.45, 2.75) is 20.0 Å². The van der Waals surface area contributed by atoms with Crippen LogP contribution in [0.2, 0.25) is 0 Å². The fraction of sp³-hybridized carbons (Fsp3) is 0.400. The second kappa shape index (κ2) is 3.35. The van der Waals surface area contributed by atoms with E-state index >= 15 is 0 Å². The first kappa shape index (κ1) is 11.7. The van der Waals surface area contributed by atoms with Crippen LogP contribution in [0.25, 0.3) is 11.1 Å². The van der Waals surface area contributed by atoms with Crippen LogP contribution >= 0.6 is 0 Å². The largest absolute Gasteiger partial charge is 0.431 e. The minimum atomic E-state index is -4.60. The van der Waals surface area contributed by atoms with Gasteiger partial charge in [0.25, 0.3) is 0 Å². The summed E-state index contributed by atoms with van der Waals surface area (Å²) in [4.78, 5) is 11.8. The molecule has 2 aromatic rings. The average molecular weight is 246 g/mol. The smallest absolute Gasteiger partial charge is 0.337 e. The van der Waals surface area contributed by atoms with Crippen molar-refractivity contribution in [2.24, 2.45) is 7.05 Å². The highest BCUT2D eigenvalue weighted by Gasteiger charge is 2.37. The third-order valence-corrected chi connectivity index (χ3v) is 2.68. The summed E-state index contributed by atoms with van der Waals surface area (Å²) in [5.74, 6) is 0. The lowest BCUT2D eigenvalue weighted by Gasteiger charge is -2.14. The monoisotopic (exact) mass is 246 g/mol. The Hall–Kier alpha value is -1.79. The van der Waals surface area contributed by atoms with Crippen LogP contribution in [-0.2, 0) is 13.2 Å². The van der Waals surface area contributed by atoms with Crippen LogP contribution in [0.4, 0.5) is 13.2 Å². The lowest BCUT2D eigenvalue weighted by atomic mass is 10.1. The van der Waals surface area contributed by atoms with Crippen molar-refractivity contribution in [3.63, 3.8) is 0 Å². The van der Waals surface area contributed by atoms with Gasteiger partial charge in [0.05, 0.1) is 5.69 Å². The molecule has 4 nitrogen and oxygen atoms in total. The minimum Gasteiger partial charge on any atom is -0.337 e. The van der Waals surface area contributed by atoms with E-state index in [1.54, 1.807) is 0 Å². The van der Waals surface area contributed by atoms with E-state index < -0.39 is 17.3 Å². The lowest BCUT2D eigenvalue weighted by molar-refractivity contribution is -0.143. The van der Waals surface area contributed by atoms with Gasteiger partial charge in [-0.1, -0.05) is 5.16 Å². The molecule has 0 aromatic carbocycles. The zero-order valence-corrected chi connectivity index (χ0v) is 9.34. The molecule has 2 aromatic heterocycles. The minimum absolute atomic E-state index is 0.0954. The molecule has 2 rings (SSSR count). The Kier molecular flexibility index (Phi) is 2.30. The van der Waals surface area contributed by atoms with Crippen LogP contribution in [0.3, 0.4) is 0 Å². The van der Waals surface area contributed by atoms with Crippen molar-refractivity contribution in [3.8, 4) is 0 Å². The molecule has 0 N–H and O–H groups in total. The van der Waals surface area contributed by atoms with Gasteiger partial charge in [0.1, 0.15) is 11.1 Å². The molecule has 0 saturated carbocycles. The van der Waals surface area contributed by atoms with Crippen molar-refractivity contribution in [2.75, 3.05) is 0 Å². The molecule has 7 heteroatoms. The van der Waals surface area contributed by atoms with Crippen molar-refractivity contribution < 1.29 is 17.7 Å². The van der Waals surface area contributed by atoms with E-state index in [9.17, 15) is 18.0 Å². The third-order valence-electron chi connectivity index (χ3n) is 2.68. The molecule has 0 fully saturated rings. The van der Waals surface area contributed by atoms with Crippen molar-refractivity contribution in [1.82, 2.24) is 9.72 Å². The molecule has 0 unspecified atom stereocenters. The van der Waals surface area contributed by atoms with Gasteiger partial charge in [-0.15, -0.1) is 0 Å². The van der Waals surface area contributed by atoms with Gasteiger partial charge in [-0.2, -0.15) is 13.2 Å². The van der Waals surface area contributed by atoms with Gasteiger partial charge in [-0.05, 0) is 13.8 Å². The second-order valence-corrected chi connectivity index (χ2v) is 3.81. The molecule has 17 heavy (non-hydrogen) atoms. The Morgan fingerprint density at radius 1 is 1.29 bits per heavy atom. The zero-order valence-electron chi connectivity index (χ0n) is 9.34. The van der Waals surface area contributed by atoms with Crippen LogP contribution in [-0.4, -0.2) is 9.72 Å². The average Bonchev–Trinajstić information content (AvgIpc) is 2.55. The molecule has 0 saturated heterocycles. The van der Waals surface area contributed by atoms with Gasteiger partial charge in [0.15, 0.2) is 5.43 Å². The van der Waals surface area contributed by atoms with E-state index in [1.807, 2.05) is 0 Å². The normalized spacial score (nSPS) is 12.4. The fourth-order valence-corrected chi connectivity index (χ4v) is 1.90. The van der Waals surface area contributed by atoms with Gasteiger partial charge in [0, 0.05) is 12.6 Å². The highest BCUT2D eigenvalue weighted by Crippen LogP contribution is 2.32. The molecule has 0 atom stereocenters. The lowest BCUT2D eigenvalue weighted by Crippen LogP contribution is -2.23. The van der Waals surface area contributed by atoms with Crippen LogP contribution in [0.1, 0.15) is 17.0 Å². The highest BCUT2D eigenvalue weighted by atomic mass is 19.4. The third kappa shape index (κ3) is 1.53. The van der Waals surface area contributed by atoms with Crippen LogP contribution in [0.5, 0.6) is 0 Å². The summed E-state index contributed by atoms with van der Waals surface area (Å²) in [5.41, 5.74) is -1.92. The topological polar surface area (TPSA) is 48.0 Å². The van der Waals surface area contributed by atoms with Crippen LogP contribution in [0.15, 0.2) is 9.32 Å². The first-order valence-electron chi connectivity index (χ1n) is 4.78. The number of alkyl halides is 3. The van der Waals surface area contributed by atoms with Crippen LogP contribution in [0, 0.1) is 13.8 Å². The van der Waals surface area contributed by atoms with E-state index in [-0.39, 0.29) is 22.4 Å². The Bertz CT molecular complexity index is 652. The summed E-state index contributed by atoms with van der Waals surface area (Å²) in [6.07, 6.45) is -4.60. The fourth-order valence-electron chi connectivity index (χ4n) is 1.90. The number of aromatic nitrogens is 2. The summed E-state index contributed by atoms with van der Waals surface area (Å²) in [5, 5.41) is 3.61. The van der Waals surface area contributed by atoms with Gasteiger partial charge in [0.2, 0.25) is 5.71 Å². The number of nitrogens with zero attached hydrogens (tertiary/aromatic N) is 2. The summed E-state index contributed by atoms with van der Waals surface area (Å²) >= 11 is 0. The van der Waals surface area contributed by atoms with E-state index in [1.165, 1.54) is 14.0 Å². The first-order valence-corrected chi connectivity index (χ1v) is 4.78. The Morgan fingerprint density at radius 3 is 2.41 bits per heavy atom. The molecule has 0 amide bonds. The number of fused-ring (bicyclic) bond motifs is 1. The van der Waals surface area contributed by atoms with E-state index in [2.05, 4.69) is 5.16 Å². The standard InChI is InChI=1S/C10H9F3N2O2/c1-4-7(16)6-5(2)14-17-9(6)15(3)8(4)10(11,12)13/h1-3H3. The molecular weight excluding hydrogens is 237 g/mol. The SMILES string of the molecule is Cc1c(C(F)(F)F)n(C)c2onc(C)c2c1=O. The molecule has 2 heterocycles. The number of halogens is 3. The molecular formula is C10H9F3N2O2. The second-order valence-electron chi connectivity index (χ2n) is 3.81. The van der Waals surface area contributed by atoms with E-state index in [0.717, 1.165) is 11.5 Å². The van der Waals surface area contributed by atoms with Gasteiger partial charge >= 0.3 is 6.18 Å². The molecule has 0 bridgehead atoms. The number of hydrogen-bond donors (Lipinski definition) is 0. The summed E-state index contributed by atoms with van der Waals surface area (Å²) in [6, 6.07) is 0. The maximum absolute atomic E-state index is 12.8. The molecule has 0 spiro atoms. The Labute approximate surface area is 93.6 Å². The maximum atomic E-state index is 12.8. The number of rotatable bonds is 0. The molecule has 92 valence electrons. The number of hydrogen-bond acceptors (Lipinski definition) is 3. The predicted molar refractivity (Wildman–Crippen MR) is 53.7 cm³/mol. The molecule has 0 aliphatic heterocycles. The Balaban J connectivity index is 3.04. The van der Waals surface area contributed by atoms with Crippen molar-refractivity contribution in [3.05, 3.63) is 27.2 Å². The molecule has 0 aliphatic carbocycles. The maximum Gasteiger partial charge on any atom is 0.431 e. The summed E-state index contributed by atoms with van der Waals surface area (Å²) in [6.45, 7) is 2.66. The molecule has 0 aliphatic rings. The summed E-state index contributed by atoms with van der Waals surface area (Å²) in [7, 11) is 1.20. The number of pyridine rings is 1. The summed E-state index contributed by atoms with van der Waals surface area (Å²) < 4.78 is 44.0. The van der Waals surface area contributed by atoms with Crippen molar-refractivity contribution >= 4 is 11.1 Å². The number of aryl methyl sites for hydroxylation is 2. The van der Waals surface area contributed by atoms with Gasteiger partial charge < -0.3 is 9.09 Å². The van der Waals surface area contributed by atoms with Gasteiger partial charge in [-0.3, -0.25) is 4.79 Å². The predicted octanol–water partition coefficient (Wildman–Crippen LogP) is 2.16. The van der Waals surface area contributed by atoms with Gasteiger partial charge in [-0.25, -0.2) is 0 Å².